The van der Waals surface area contributed by atoms with Crippen LogP contribution in [0.2, 0.25) is 0 Å². The zero-order chi connectivity index (χ0) is 11.2. The molecule has 0 atom stereocenters. The van der Waals surface area contributed by atoms with E-state index in [1.54, 1.807) is 6.20 Å². The van der Waals surface area contributed by atoms with Gasteiger partial charge in [0.05, 0.1) is 6.33 Å². The van der Waals surface area contributed by atoms with Crippen LogP contribution in [0.1, 0.15) is 5.56 Å². The fourth-order valence-corrected chi connectivity index (χ4v) is 1.82. The molecule has 0 radical (unpaired) electrons. The average Bonchev–Trinajstić information content (AvgIpc) is 2.80. The van der Waals surface area contributed by atoms with E-state index in [2.05, 4.69) is 61.7 Å². The fourth-order valence-electron chi connectivity index (χ4n) is 1.46. The number of imidazole rings is 1. The number of rotatable bonds is 5. The van der Waals surface area contributed by atoms with Crippen molar-refractivity contribution in [3.05, 3.63) is 52.1 Å². The molecule has 0 aliphatic carbocycles. The van der Waals surface area contributed by atoms with Crippen molar-refractivity contribution in [1.82, 2.24) is 14.9 Å². The Balaban J connectivity index is 1.70. The summed E-state index contributed by atoms with van der Waals surface area (Å²) in [5, 5.41) is 3.41. The van der Waals surface area contributed by atoms with E-state index in [1.807, 2.05) is 12.5 Å². The first-order valence-corrected chi connectivity index (χ1v) is 6.33. The van der Waals surface area contributed by atoms with Crippen molar-refractivity contribution < 1.29 is 0 Å². The zero-order valence-corrected chi connectivity index (χ0v) is 11.1. The number of nitrogens with one attached hydrogen (secondary N) is 1. The lowest BCUT2D eigenvalue weighted by Gasteiger charge is -2.05. The van der Waals surface area contributed by atoms with Gasteiger partial charge in [-0.05, 0) is 40.3 Å². The van der Waals surface area contributed by atoms with E-state index < -0.39 is 0 Å². The summed E-state index contributed by atoms with van der Waals surface area (Å²) >= 11 is 2.32. The van der Waals surface area contributed by atoms with Crippen molar-refractivity contribution in [3.8, 4) is 0 Å². The Bertz CT molecular complexity index is 408. The quantitative estimate of drug-likeness (QED) is 0.674. The van der Waals surface area contributed by atoms with Crippen LogP contribution in [0.3, 0.4) is 0 Å². The molecule has 0 unspecified atom stereocenters. The van der Waals surface area contributed by atoms with Crippen LogP contribution in [0.25, 0.3) is 0 Å². The molecular weight excluding hydrogens is 313 g/mol. The molecule has 0 saturated carbocycles. The normalized spacial score (nSPS) is 10.6. The SMILES string of the molecule is Ic1ccc(CNCCn2ccnc2)cc1. The molecule has 84 valence electrons. The minimum absolute atomic E-state index is 0.922. The highest BCUT2D eigenvalue weighted by molar-refractivity contribution is 14.1. The van der Waals surface area contributed by atoms with Crippen LogP contribution in [0.15, 0.2) is 43.0 Å². The maximum absolute atomic E-state index is 4.00. The average molecular weight is 327 g/mol. The van der Waals surface area contributed by atoms with E-state index in [4.69, 9.17) is 0 Å². The molecule has 0 fully saturated rings. The van der Waals surface area contributed by atoms with Gasteiger partial charge in [0.2, 0.25) is 0 Å². The molecule has 3 nitrogen and oxygen atoms in total. The Morgan fingerprint density at radius 2 is 2.06 bits per heavy atom. The van der Waals surface area contributed by atoms with E-state index in [-0.39, 0.29) is 0 Å². The van der Waals surface area contributed by atoms with Gasteiger partial charge in [-0.25, -0.2) is 4.98 Å². The van der Waals surface area contributed by atoms with Crippen molar-refractivity contribution in [1.29, 1.82) is 0 Å². The van der Waals surface area contributed by atoms with E-state index in [1.165, 1.54) is 9.13 Å². The molecule has 1 heterocycles. The van der Waals surface area contributed by atoms with Crippen LogP contribution in [0, 0.1) is 3.57 Å². The number of benzene rings is 1. The van der Waals surface area contributed by atoms with Crippen LogP contribution in [-0.2, 0) is 13.1 Å². The summed E-state index contributed by atoms with van der Waals surface area (Å²) in [6.45, 7) is 2.85. The molecule has 0 aliphatic heterocycles. The van der Waals surface area contributed by atoms with Crippen molar-refractivity contribution >= 4 is 22.6 Å². The Labute approximate surface area is 109 Å². The highest BCUT2D eigenvalue weighted by atomic mass is 127. The van der Waals surface area contributed by atoms with Gasteiger partial charge in [0, 0.05) is 35.6 Å². The minimum Gasteiger partial charge on any atom is -0.336 e. The second-order valence-electron chi connectivity index (χ2n) is 3.60. The minimum atomic E-state index is 0.922. The summed E-state index contributed by atoms with van der Waals surface area (Å²) in [6, 6.07) is 8.58. The number of aromatic nitrogens is 2. The summed E-state index contributed by atoms with van der Waals surface area (Å²) in [5.74, 6) is 0. The first-order valence-electron chi connectivity index (χ1n) is 5.25. The lowest BCUT2D eigenvalue weighted by atomic mass is 10.2. The molecule has 0 amide bonds. The third-order valence-corrected chi connectivity index (χ3v) is 3.07. The van der Waals surface area contributed by atoms with Gasteiger partial charge in [-0.3, -0.25) is 0 Å². The van der Waals surface area contributed by atoms with E-state index in [9.17, 15) is 0 Å². The summed E-state index contributed by atoms with van der Waals surface area (Å²) in [6.07, 6.45) is 5.62. The maximum atomic E-state index is 4.00. The van der Waals surface area contributed by atoms with E-state index in [0.717, 1.165) is 19.6 Å². The molecule has 2 aromatic rings. The van der Waals surface area contributed by atoms with Gasteiger partial charge in [-0.2, -0.15) is 0 Å². The Hall–Kier alpha value is -0.880. The van der Waals surface area contributed by atoms with Crippen LogP contribution in [0.5, 0.6) is 0 Å². The summed E-state index contributed by atoms with van der Waals surface area (Å²) in [7, 11) is 0. The summed E-state index contributed by atoms with van der Waals surface area (Å²) in [5.41, 5.74) is 1.33. The van der Waals surface area contributed by atoms with Gasteiger partial charge in [-0.15, -0.1) is 0 Å². The molecule has 4 heteroatoms. The molecule has 0 bridgehead atoms. The molecule has 0 saturated heterocycles. The first kappa shape index (κ1) is 11.6. The third-order valence-electron chi connectivity index (χ3n) is 2.35. The second kappa shape index (κ2) is 6.00. The second-order valence-corrected chi connectivity index (χ2v) is 4.85. The van der Waals surface area contributed by atoms with Crippen LogP contribution in [-0.4, -0.2) is 16.1 Å². The van der Waals surface area contributed by atoms with Gasteiger partial charge in [0.1, 0.15) is 0 Å². The van der Waals surface area contributed by atoms with Crippen LogP contribution < -0.4 is 5.32 Å². The Morgan fingerprint density at radius 3 is 2.75 bits per heavy atom. The van der Waals surface area contributed by atoms with Gasteiger partial charge in [0.15, 0.2) is 0 Å². The van der Waals surface area contributed by atoms with E-state index >= 15 is 0 Å². The maximum Gasteiger partial charge on any atom is 0.0946 e. The first-order chi connectivity index (χ1) is 7.84. The van der Waals surface area contributed by atoms with Gasteiger partial charge < -0.3 is 9.88 Å². The number of hydrogen-bond acceptors (Lipinski definition) is 2. The van der Waals surface area contributed by atoms with Crippen molar-refractivity contribution in [2.45, 2.75) is 13.1 Å². The monoisotopic (exact) mass is 327 g/mol. The van der Waals surface area contributed by atoms with E-state index in [0.29, 0.717) is 0 Å². The fraction of sp³-hybridized carbons (Fsp3) is 0.250. The van der Waals surface area contributed by atoms with Gasteiger partial charge >= 0.3 is 0 Å². The number of hydrogen-bond donors (Lipinski definition) is 1. The number of halogens is 1. The largest absolute Gasteiger partial charge is 0.336 e. The molecule has 0 spiro atoms. The van der Waals surface area contributed by atoms with Crippen molar-refractivity contribution in [2.24, 2.45) is 0 Å². The summed E-state index contributed by atoms with van der Waals surface area (Å²) < 4.78 is 3.35. The van der Waals surface area contributed by atoms with Crippen molar-refractivity contribution in [3.63, 3.8) is 0 Å². The zero-order valence-electron chi connectivity index (χ0n) is 8.94. The standard InChI is InChI=1S/C12H14IN3/c13-12-3-1-11(2-4-12)9-14-5-7-16-8-6-15-10-16/h1-4,6,8,10,14H,5,7,9H2. The summed E-state index contributed by atoms with van der Waals surface area (Å²) in [4.78, 5) is 4.00. The smallest absolute Gasteiger partial charge is 0.0946 e. The van der Waals surface area contributed by atoms with Crippen molar-refractivity contribution in [2.75, 3.05) is 6.54 Å². The molecule has 0 aliphatic rings. The van der Waals surface area contributed by atoms with Crippen LogP contribution in [0.4, 0.5) is 0 Å². The highest BCUT2D eigenvalue weighted by Gasteiger charge is 1.93. The lowest BCUT2D eigenvalue weighted by Crippen LogP contribution is -2.18. The molecule has 2 rings (SSSR count). The van der Waals surface area contributed by atoms with Crippen LogP contribution >= 0.6 is 22.6 Å². The molecule has 1 N–H and O–H groups in total. The topological polar surface area (TPSA) is 29.9 Å². The molecular formula is C12H14IN3. The molecule has 16 heavy (non-hydrogen) atoms. The highest BCUT2D eigenvalue weighted by Crippen LogP contribution is 2.06. The Morgan fingerprint density at radius 1 is 1.25 bits per heavy atom. The molecule has 1 aromatic carbocycles. The lowest BCUT2D eigenvalue weighted by molar-refractivity contribution is 0.597. The van der Waals surface area contributed by atoms with Gasteiger partial charge in [-0.1, -0.05) is 12.1 Å². The Kier molecular flexibility index (Phi) is 4.35. The predicted molar refractivity (Wildman–Crippen MR) is 73.1 cm³/mol. The number of nitrogens with zero attached hydrogens (tertiary/aromatic N) is 2. The van der Waals surface area contributed by atoms with Gasteiger partial charge in [0.25, 0.3) is 0 Å². The predicted octanol–water partition coefficient (Wildman–Crippen LogP) is 2.28. The molecule has 1 aromatic heterocycles. The third kappa shape index (κ3) is 3.61.